The molecule has 10 nitrogen and oxygen atoms in total. The maximum absolute atomic E-state index is 14.9. The van der Waals surface area contributed by atoms with Crippen molar-refractivity contribution in [2.45, 2.75) is 53.9 Å². The highest BCUT2D eigenvalue weighted by Crippen LogP contribution is 2.28. The highest BCUT2D eigenvalue weighted by atomic mass is 19.1. The van der Waals surface area contributed by atoms with Crippen LogP contribution in [0.3, 0.4) is 0 Å². The molecule has 12 heteroatoms. The number of carbonyl (C=O) groups is 2. The standard InChI is InChI=1S/C23H25FN2O3.C20H19FN2O3/c1-14(2)11-26-13-18(23(28)29)22(27)17-9-19(24)21(10-20(17)26)25(4)12-16-7-5-6-15(3)8-16;1-3-23-12-15(20(25)26)19(24)14-9-16(21)18(10-17(14)23)22(2)11-13-7-5-4-6-8-13/h5-10,13-14H,11-12H2,1-4H3,(H,28,29);4-10,12H,3,11H2,1-2H3,(H,25,26). The average Bonchev–Trinajstić information content (AvgIpc) is 3.13. The number of hydrogen-bond acceptors (Lipinski definition) is 6. The molecule has 0 bridgehead atoms. The van der Waals surface area contributed by atoms with E-state index in [1.54, 1.807) is 45.2 Å². The van der Waals surface area contributed by atoms with Crippen LogP contribution in [-0.2, 0) is 26.2 Å². The monoisotopic (exact) mass is 750 g/mol. The number of carboxylic acids is 2. The number of pyridine rings is 2. The number of aryl methyl sites for hydroxylation is 2. The van der Waals surface area contributed by atoms with Crippen LogP contribution < -0.4 is 20.7 Å². The van der Waals surface area contributed by atoms with E-state index in [-0.39, 0.29) is 27.8 Å². The van der Waals surface area contributed by atoms with Gasteiger partial charge in [-0.05, 0) is 55.2 Å². The van der Waals surface area contributed by atoms with Crippen molar-refractivity contribution >= 4 is 45.1 Å². The molecule has 2 heterocycles. The largest absolute Gasteiger partial charge is 0.477 e. The summed E-state index contributed by atoms with van der Waals surface area (Å²) in [4.78, 5) is 51.3. The fourth-order valence-corrected chi connectivity index (χ4v) is 6.61. The second-order valence-electron chi connectivity index (χ2n) is 14.0. The highest BCUT2D eigenvalue weighted by molar-refractivity contribution is 5.94. The molecule has 6 rings (SSSR count). The molecule has 4 aromatic carbocycles. The first-order valence-corrected chi connectivity index (χ1v) is 17.8. The molecule has 0 atom stereocenters. The smallest absolute Gasteiger partial charge is 0.341 e. The van der Waals surface area contributed by atoms with Crippen molar-refractivity contribution in [2.75, 3.05) is 23.9 Å². The number of rotatable bonds is 11. The molecule has 0 spiro atoms. The summed E-state index contributed by atoms with van der Waals surface area (Å²) in [6.45, 7) is 9.83. The summed E-state index contributed by atoms with van der Waals surface area (Å²) >= 11 is 0. The Hall–Kier alpha value is -6.30. The Labute approximate surface area is 317 Å². The predicted octanol–water partition coefficient (Wildman–Crippen LogP) is 7.93. The van der Waals surface area contributed by atoms with E-state index in [1.165, 1.54) is 12.4 Å². The average molecular weight is 751 g/mol. The minimum atomic E-state index is -1.32. The topological polar surface area (TPSA) is 125 Å². The molecule has 55 heavy (non-hydrogen) atoms. The molecule has 0 saturated carbocycles. The second-order valence-corrected chi connectivity index (χ2v) is 14.0. The maximum Gasteiger partial charge on any atom is 0.341 e. The van der Waals surface area contributed by atoms with Crippen LogP contribution >= 0.6 is 0 Å². The lowest BCUT2D eigenvalue weighted by atomic mass is 10.1. The van der Waals surface area contributed by atoms with E-state index in [9.17, 15) is 38.2 Å². The Morgan fingerprint density at radius 1 is 0.691 bits per heavy atom. The number of hydrogen-bond donors (Lipinski definition) is 2. The summed E-state index contributed by atoms with van der Waals surface area (Å²) in [5.74, 6) is -3.51. The fraction of sp³-hybridized carbons (Fsp3) is 0.256. The third-order valence-electron chi connectivity index (χ3n) is 9.25. The number of aromatic carboxylic acids is 2. The van der Waals surface area contributed by atoms with Crippen molar-refractivity contribution in [3.63, 3.8) is 0 Å². The van der Waals surface area contributed by atoms with Crippen molar-refractivity contribution in [3.8, 4) is 0 Å². The summed E-state index contributed by atoms with van der Waals surface area (Å²) in [6, 6.07) is 23.2. The van der Waals surface area contributed by atoms with Gasteiger partial charge in [0.2, 0.25) is 10.9 Å². The minimum Gasteiger partial charge on any atom is -0.477 e. The lowest BCUT2D eigenvalue weighted by Crippen LogP contribution is -2.22. The first-order chi connectivity index (χ1) is 26.1. The van der Waals surface area contributed by atoms with Gasteiger partial charge in [0.25, 0.3) is 0 Å². The fourth-order valence-electron chi connectivity index (χ4n) is 6.61. The highest BCUT2D eigenvalue weighted by Gasteiger charge is 2.20. The first kappa shape index (κ1) is 39.9. The minimum absolute atomic E-state index is 0.0705. The summed E-state index contributed by atoms with van der Waals surface area (Å²) in [5.41, 5.74) is 2.92. The molecule has 0 aliphatic heterocycles. The molecule has 0 amide bonds. The summed E-state index contributed by atoms with van der Waals surface area (Å²) in [6.07, 6.45) is 2.67. The second kappa shape index (κ2) is 16.8. The number of benzene rings is 4. The molecule has 0 aliphatic carbocycles. The lowest BCUT2D eigenvalue weighted by Gasteiger charge is -2.22. The Bertz CT molecular complexity index is 2510. The summed E-state index contributed by atoms with van der Waals surface area (Å²) in [5, 5.41) is 18.7. The predicted molar refractivity (Wildman–Crippen MR) is 213 cm³/mol. The van der Waals surface area contributed by atoms with Gasteiger partial charge in [-0.15, -0.1) is 0 Å². The van der Waals surface area contributed by atoms with E-state index in [0.29, 0.717) is 48.6 Å². The van der Waals surface area contributed by atoms with Crippen LogP contribution in [-0.4, -0.2) is 45.4 Å². The molecule has 2 aromatic heterocycles. The van der Waals surface area contributed by atoms with Crippen LogP contribution in [0.1, 0.15) is 58.2 Å². The normalized spacial score (nSPS) is 11.1. The van der Waals surface area contributed by atoms with E-state index in [4.69, 9.17) is 0 Å². The number of anilines is 2. The van der Waals surface area contributed by atoms with Gasteiger partial charge in [-0.25, -0.2) is 18.4 Å². The van der Waals surface area contributed by atoms with Gasteiger partial charge in [-0.3, -0.25) is 9.59 Å². The van der Waals surface area contributed by atoms with Crippen molar-refractivity contribution in [2.24, 2.45) is 5.92 Å². The van der Waals surface area contributed by atoms with Crippen molar-refractivity contribution in [1.82, 2.24) is 9.13 Å². The first-order valence-electron chi connectivity index (χ1n) is 17.8. The quantitative estimate of drug-likeness (QED) is 0.137. The number of aromatic nitrogens is 2. The molecular formula is C43H44F2N4O6. The van der Waals surface area contributed by atoms with Crippen LogP contribution in [0, 0.1) is 24.5 Å². The van der Waals surface area contributed by atoms with E-state index in [0.717, 1.165) is 28.8 Å². The Morgan fingerprint density at radius 2 is 1.16 bits per heavy atom. The number of carboxylic acid groups (broad SMARTS) is 2. The van der Waals surface area contributed by atoms with Crippen LogP contribution in [0.2, 0.25) is 0 Å². The number of fused-ring (bicyclic) bond motifs is 2. The Kier molecular flexibility index (Phi) is 12.2. The molecule has 0 saturated heterocycles. The zero-order chi connectivity index (χ0) is 40.1. The molecule has 0 fully saturated rings. The van der Waals surface area contributed by atoms with Crippen LogP contribution in [0.5, 0.6) is 0 Å². The van der Waals surface area contributed by atoms with Crippen LogP contribution in [0.15, 0.2) is 101 Å². The third kappa shape index (κ3) is 8.92. The zero-order valence-corrected chi connectivity index (χ0v) is 31.6. The van der Waals surface area contributed by atoms with E-state index < -0.39 is 34.4 Å². The zero-order valence-electron chi connectivity index (χ0n) is 31.6. The molecule has 6 aromatic rings. The van der Waals surface area contributed by atoms with E-state index in [1.807, 2.05) is 82.3 Å². The van der Waals surface area contributed by atoms with Gasteiger partial charge in [0.05, 0.1) is 22.4 Å². The summed E-state index contributed by atoms with van der Waals surface area (Å²) < 4.78 is 33.0. The Balaban J connectivity index is 0.000000212. The SMILES string of the molecule is CCn1cc(C(=O)O)c(=O)c2cc(F)c(N(C)Cc3ccccc3)cc21.Cc1cccc(CN(C)c2cc3c(cc2F)c(=O)c(C(=O)O)cn3CC(C)C)c1. The van der Waals surface area contributed by atoms with Gasteiger partial charge in [0, 0.05) is 63.4 Å². The van der Waals surface area contributed by atoms with Gasteiger partial charge in [-0.1, -0.05) is 74.0 Å². The Morgan fingerprint density at radius 3 is 1.64 bits per heavy atom. The van der Waals surface area contributed by atoms with Crippen LogP contribution in [0.25, 0.3) is 21.8 Å². The van der Waals surface area contributed by atoms with Crippen molar-refractivity contribution < 1.29 is 28.6 Å². The number of nitrogens with zero attached hydrogens (tertiary/aromatic N) is 4. The van der Waals surface area contributed by atoms with Gasteiger partial charge in [0.1, 0.15) is 22.8 Å². The molecule has 0 radical (unpaired) electrons. The maximum atomic E-state index is 14.9. The molecule has 0 unspecified atom stereocenters. The van der Waals surface area contributed by atoms with Crippen LogP contribution in [0.4, 0.5) is 20.2 Å². The summed E-state index contributed by atoms with van der Waals surface area (Å²) in [7, 11) is 3.57. The van der Waals surface area contributed by atoms with Gasteiger partial charge < -0.3 is 29.1 Å². The van der Waals surface area contributed by atoms with Gasteiger partial charge >= 0.3 is 11.9 Å². The van der Waals surface area contributed by atoms with Gasteiger partial charge in [0.15, 0.2) is 0 Å². The molecule has 286 valence electrons. The molecular weight excluding hydrogens is 706 g/mol. The number of halogens is 2. The lowest BCUT2D eigenvalue weighted by molar-refractivity contribution is 0.0684. The van der Waals surface area contributed by atoms with Crippen molar-refractivity contribution in [1.29, 1.82) is 0 Å². The van der Waals surface area contributed by atoms with Gasteiger partial charge in [-0.2, -0.15) is 0 Å². The van der Waals surface area contributed by atoms with Crippen molar-refractivity contribution in [3.05, 3.63) is 151 Å². The molecule has 0 aliphatic rings. The van der Waals surface area contributed by atoms with E-state index >= 15 is 0 Å². The van der Waals surface area contributed by atoms with E-state index in [2.05, 4.69) is 0 Å². The third-order valence-corrected chi connectivity index (χ3v) is 9.25. The molecule has 2 N–H and O–H groups in total.